The fourth-order valence-corrected chi connectivity index (χ4v) is 1.74. The van der Waals surface area contributed by atoms with Gasteiger partial charge in [0.2, 0.25) is 0 Å². The van der Waals surface area contributed by atoms with Crippen LogP contribution in [0.15, 0.2) is 4.79 Å². The van der Waals surface area contributed by atoms with Gasteiger partial charge in [0.25, 0.3) is 5.56 Å². The first kappa shape index (κ1) is 12.9. The third-order valence-corrected chi connectivity index (χ3v) is 2.65. The number of nitrogens with one attached hydrogen (secondary N) is 1. The molecule has 0 radical (unpaired) electrons. The van der Waals surface area contributed by atoms with Crippen molar-refractivity contribution in [3.8, 4) is 0 Å². The minimum absolute atomic E-state index is 0.00491. The van der Waals surface area contributed by atoms with Gasteiger partial charge in [0, 0.05) is 5.69 Å². The first-order valence-corrected chi connectivity index (χ1v) is 6.13. The van der Waals surface area contributed by atoms with Crippen LogP contribution in [-0.2, 0) is 12.8 Å². The molecule has 0 aliphatic rings. The Bertz CT molecular complexity index is 393. The first-order chi connectivity index (χ1) is 7.54. The van der Waals surface area contributed by atoms with Crippen LogP contribution in [0.1, 0.15) is 50.7 Å². The summed E-state index contributed by atoms with van der Waals surface area (Å²) in [4.78, 5) is 19.1. The van der Waals surface area contributed by atoms with Crippen molar-refractivity contribution >= 4 is 0 Å². The van der Waals surface area contributed by atoms with Crippen molar-refractivity contribution in [1.82, 2.24) is 9.97 Å². The van der Waals surface area contributed by atoms with E-state index in [4.69, 9.17) is 0 Å². The maximum absolute atomic E-state index is 11.8. The summed E-state index contributed by atoms with van der Waals surface area (Å²) in [6.07, 6.45) is 3.80. The Labute approximate surface area is 97.3 Å². The Balaban J connectivity index is 2.93. The molecule has 16 heavy (non-hydrogen) atoms. The molecule has 0 bridgehead atoms. The maximum atomic E-state index is 11.8. The lowest BCUT2D eigenvalue weighted by molar-refractivity contribution is 0.623. The van der Waals surface area contributed by atoms with Gasteiger partial charge in [-0.2, -0.15) is 0 Å². The fraction of sp³-hybridized carbons (Fsp3) is 0.692. The second-order valence-corrected chi connectivity index (χ2v) is 4.78. The lowest BCUT2D eigenvalue weighted by atomic mass is 10.1. The number of nitrogens with zero attached hydrogens (tertiary/aromatic N) is 1. The highest BCUT2D eigenvalue weighted by Gasteiger charge is 2.08. The molecule has 90 valence electrons. The number of rotatable bonds is 5. The van der Waals surface area contributed by atoms with Crippen LogP contribution in [-0.4, -0.2) is 9.97 Å². The van der Waals surface area contributed by atoms with Gasteiger partial charge in [-0.15, -0.1) is 0 Å². The molecule has 0 unspecified atom stereocenters. The standard InChI is InChI=1S/C13H22N2O/c1-5-6-7-11-13(16)15-12(8-9(2)3)10(4)14-11/h9H,5-8H2,1-4H3,(H,15,16). The Morgan fingerprint density at radius 3 is 2.62 bits per heavy atom. The molecule has 1 aromatic heterocycles. The van der Waals surface area contributed by atoms with Gasteiger partial charge in [0.15, 0.2) is 0 Å². The third-order valence-electron chi connectivity index (χ3n) is 2.65. The third kappa shape index (κ3) is 3.47. The molecule has 0 spiro atoms. The number of aromatic nitrogens is 2. The van der Waals surface area contributed by atoms with Crippen LogP contribution in [0.3, 0.4) is 0 Å². The zero-order valence-corrected chi connectivity index (χ0v) is 10.8. The summed E-state index contributed by atoms with van der Waals surface area (Å²) in [5, 5.41) is 0. The minimum Gasteiger partial charge on any atom is -0.323 e. The van der Waals surface area contributed by atoms with Crippen molar-refractivity contribution in [3.05, 3.63) is 27.4 Å². The van der Waals surface area contributed by atoms with Crippen LogP contribution < -0.4 is 5.56 Å². The number of unbranched alkanes of at least 4 members (excludes halogenated alkanes) is 1. The van der Waals surface area contributed by atoms with Crippen molar-refractivity contribution in [2.75, 3.05) is 0 Å². The number of aryl methyl sites for hydroxylation is 2. The van der Waals surface area contributed by atoms with E-state index in [1.165, 1.54) is 0 Å². The van der Waals surface area contributed by atoms with Crippen molar-refractivity contribution in [2.45, 2.75) is 53.4 Å². The monoisotopic (exact) mass is 222 g/mol. The van der Waals surface area contributed by atoms with Gasteiger partial charge >= 0.3 is 0 Å². The number of H-pyrrole nitrogens is 1. The topological polar surface area (TPSA) is 45.8 Å². The van der Waals surface area contributed by atoms with E-state index in [-0.39, 0.29) is 5.56 Å². The summed E-state index contributed by atoms with van der Waals surface area (Å²) >= 11 is 0. The van der Waals surface area contributed by atoms with Gasteiger partial charge in [-0.3, -0.25) is 9.78 Å². The summed E-state index contributed by atoms with van der Waals surface area (Å²) < 4.78 is 0. The second kappa shape index (κ2) is 5.83. The highest BCUT2D eigenvalue weighted by atomic mass is 16.1. The molecule has 0 saturated carbocycles. The summed E-state index contributed by atoms with van der Waals surface area (Å²) in [5.41, 5.74) is 2.64. The number of hydrogen-bond acceptors (Lipinski definition) is 2. The highest BCUT2D eigenvalue weighted by molar-refractivity contribution is 5.13. The zero-order chi connectivity index (χ0) is 12.1. The number of aromatic amines is 1. The fourth-order valence-electron chi connectivity index (χ4n) is 1.74. The van der Waals surface area contributed by atoms with Gasteiger partial charge in [0.1, 0.15) is 5.69 Å². The Kier molecular flexibility index (Phi) is 4.71. The van der Waals surface area contributed by atoms with Crippen molar-refractivity contribution in [3.63, 3.8) is 0 Å². The van der Waals surface area contributed by atoms with Gasteiger partial charge < -0.3 is 4.98 Å². The average Bonchev–Trinajstić information content (AvgIpc) is 2.20. The van der Waals surface area contributed by atoms with E-state index in [2.05, 4.69) is 30.7 Å². The van der Waals surface area contributed by atoms with E-state index in [0.717, 1.165) is 37.1 Å². The predicted molar refractivity (Wildman–Crippen MR) is 66.7 cm³/mol. The molecular formula is C13H22N2O. The van der Waals surface area contributed by atoms with Crippen molar-refractivity contribution in [1.29, 1.82) is 0 Å². The molecule has 1 rings (SSSR count). The first-order valence-electron chi connectivity index (χ1n) is 6.13. The lowest BCUT2D eigenvalue weighted by Crippen LogP contribution is -2.20. The highest BCUT2D eigenvalue weighted by Crippen LogP contribution is 2.08. The van der Waals surface area contributed by atoms with Crippen LogP contribution in [0.5, 0.6) is 0 Å². The van der Waals surface area contributed by atoms with E-state index >= 15 is 0 Å². The summed E-state index contributed by atoms with van der Waals surface area (Å²) in [6, 6.07) is 0. The second-order valence-electron chi connectivity index (χ2n) is 4.78. The summed E-state index contributed by atoms with van der Waals surface area (Å²) in [6.45, 7) is 8.38. The van der Waals surface area contributed by atoms with Crippen molar-refractivity contribution in [2.24, 2.45) is 5.92 Å². The normalized spacial score (nSPS) is 11.1. The molecule has 0 aliphatic carbocycles. The van der Waals surface area contributed by atoms with Gasteiger partial charge in [-0.05, 0) is 32.1 Å². The van der Waals surface area contributed by atoms with Crippen LogP contribution in [0.2, 0.25) is 0 Å². The summed E-state index contributed by atoms with van der Waals surface area (Å²) in [5.74, 6) is 0.539. The molecule has 0 fully saturated rings. The van der Waals surface area contributed by atoms with E-state index in [1.54, 1.807) is 0 Å². The van der Waals surface area contributed by atoms with E-state index in [0.29, 0.717) is 11.6 Å². The van der Waals surface area contributed by atoms with E-state index in [1.807, 2.05) is 6.92 Å². The molecule has 3 heteroatoms. The van der Waals surface area contributed by atoms with Crippen LogP contribution >= 0.6 is 0 Å². The van der Waals surface area contributed by atoms with E-state index in [9.17, 15) is 4.79 Å². The maximum Gasteiger partial charge on any atom is 0.269 e. The molecule has 0 saturated heterocycles. The zero-order valence-electron chi connectivity index (χ0n) is 10.8. The van der Waals surface area contributed by atoms with Crippen LogP contribution in [0.25, 0.3) is 0 Å². The molecule has 1 aromatic rings. The van der Waals surface area contributed by atoms with Crippen LogP contribution in [0, 0.1) is 12.8 Å². The smallest absolute Gasteiger partial charge is 0.269 e. The van der Waals surface area contributed by atoms with Crippen molar-refractivity contribution < 1.29 is 0 Å². The molecular weight excluding hydrogens is 200 g/mol. The minimum atomic E-state index is -0.00491. The van der Waals surface area contributed by atoms with E-state index < -0.39 is 0 Å². The Hall–Kier alpha value is -1.12. The molecule has 0 aliphatic heterocycles. The van der Waals surface area contributed by atoms with Gasteiger partial charge in [0.05, 0.1) is 5.69 Å². The number of hydrogen-bond donors (Lipinski definition) is 1. The SMILES string of the molecule is CCCCc1nc(C)c(CC(C)C)[nH]c1=O. The molecule has 0 atom stereocenters. The Morgan fingerprint density at radius 1 is 1.38 bits per heavy atom. The average molecular weight is 222 g/mol. The quantitative estimate of drug-likeness (QED) is 0.832. The van der Waals surface area contributed by atoms with Gasteiger partial charge in [-0.1, -0.05) is 27.2 Å². The molecule has 3 nitrogen and oxygen atoms in total. The molecule has 0 aromatic carbocycles. The molecule has 0 amide bonds. The molecule has 1 N–H and O–H groups in total. The predicted octanol–water partition coefficient (Wildman–Crippen LogP) is 2.62. The Morgan fingerprint density at radius 2 is 2.06 bits per heavy atom. The van der Waals surface area contributed by atoms with Crippen LogP contribution in [0.4, 0.5) is 0 Å². The largest absolute Gasteiger partial charge is 0.323 e. The summed E-state index contributed by atoms with van der Waals surface area (Å²) in [7, 11) is 0. The molecule has 1 heterocycles. The lowest BCUT2D eigenvalue weighted by Gasteiger charge is -2.09. The van der Waals surface area contributed by atoms with Gasteiger partial charge in [-0.25, -0.2) is 0 Å².